The zero-order valence-electron chi connectivity index (χ0n) is 17.3. The molecule has 1 atom stereocenters. The summed E-state index contributed by atoms with van der Waals surface area (Å²) in [4.78, 5) is 25.5. The number of para-hydroxylation sites is 1. The summed E-state index contributed by atoms with van der Waals surface area (Å²) in [6.07, 6.45) is 1.95. The first-order valence-corrected chi connectivity index (χ1v) is 12.1. The summed E-state index contributed by atoms with van der Waals surface area (Å²) in [5.41, 5.74) is 0.796. The van der Waals surface area contributed by atoms with E-state index in [0.717, 1.165) is 6.42 Å². The number of anilines is 1. The van der Waals surface area contributed by atoms with E-state index >= 15 is 0 Å². The van der Waals surface area contributed by atoms with Gasteiger partial charge in [0.2, 0.25) is 15.9 Å². The molecule has 2 aromatic rings. The molecule has 1 aliphatic heterocycles. The lowest BCUT2D eigenvalue weighted by Crippen LogP contribution is -2.43. The van der Waals surface area contributed by atoms with Crippen LogP contribution in [-0.4, -0.2) is 44.2 Å². The number of halogens is 1. The van der Waals surface area contributed by atoms with Crippen LogP contribution in [0.15, 0.2) is 53.4 Å². The van der Waals surface area contributed by atoms with Crippen molar-refractivity contribution < 1.29 is 18.0 Å². The van der Waals surface area contributed by atoms with Crippen molar-refractivity contribution in [1.82, 2.24) is 9.62 Å². The summed E-state index contributed by atoms with van der Waals surface area (Å²) in [7, 11) is -3.72. The summed E-state index contributed by atoms with van der Waals surface area (Å²) in [5, 5.41) is 6.08. The summed E-state index contributed by atoms with van der Waals surface area (Å²) in [5.74, 6) is -1.07. The molecule has 0 aromatic heterocycles. The van der Waals surface area contributed by atoms with E-state index in [1.165, 1.54) is 28.6 Å². The summed E-state index contributed by atoms with van der Waals surface area (Å²) >= 11 is 5.86. The van der Waals surface area contributed by atoms with Gasteiger partial charge in [-0.25, -0.2) is 8.42 Å². The van der Waals surface area contributed by atoms with Gasteiger partial charge < -0.3 is 10.6 Å². The number of sulfonamides is 1. The molecule has 1 heterocycles. The van der Waals surface area contributed by atoms with Crippen molar-refractivity contribution in [3.8, 4) is 0 Å². The Balaban J connectivity index is 1.72. The van der Waals surface area contributed by atoms with Gasteiger partial charge in [-0.3, -0.25) is 9.59 Å². The van der Waals surface area contributed by atoms with Crippen LogP contribution in [0.25, 0.3) is 0 Å². The standard InChI is InChI=1S/C22H26ClN3O4S/c1-2-13-24-22(28)19-7-3-4-8-20(19)25-21(27)16-6-5-14-26(15-16)31(29,30)18-11-9-17(23)10-12-18/h3-4,7-12,16H,2,5-6,13-15H2,1H3,(H,24,28)(H,25,27). The normalized spacial score (nSPS) is 17.2. The molecule has 0 radical (unpaired) electrons. The number of piperidine rings is 1. The SMILES string of the molecule is CCCNC(=O)c1ccccc1NC(=O)C1CCCN(S(=O)(=O)c2ccc(Cl)cc2)C1. The lowest BCUT2D eigenvalue weighted by molar-refractivity contribution is -0.120. The quantitative estimate of drug-likeness (QED) is 0.656. The van der Waals surface area contributed by atoms with Gasteiger partial charge in [0.15, 0.2) is 0 Å². The fourth-order valence-corrected chi connectivity index (χ4v) is 5.14. The van der Waals surface area contributed by atoms with Crippen molar-refractivity contribution >= 4 is 39.1 Å². The van der Waals surface area contributed by atoms with Crippen molar-refractivity contribution in [2.24, 2.45) is 5.92 Å². The third-order valence-electron chi connectivity index (χ3n) is 5.17. The summed E-state index contributed by atoms with van der Waals surface area (Å²) < 4.78 is 27.3. The average molecular weight is 464 g/mol. The highest BCUT2D eigenvalue weighted by Gasteiger charge is 2.33. The van der Waals surface area contributed by atoms with Crippen LogP contribution in [0.5, 0.6) is 0 Å². The van der Waals surface area contributed by atoms with Crippen molar-refractivity contribution in [3.63, 3.8) is 0 Å². The molecule has 0 saturated carbocycles. The molecular weight excluding hydrogens is 438 g/mol. The maximum atomic E-state index is 13.0. The van der Waals surface area contributed by atoms with Crippen LogP contribution < -0.4 is 10.6 Å². The Hall–Kier alpha value is -2.42. The predicted molar refractivity (Wildman–Crippen MR) is 121 cm³/mol. The second kappa shape index (κ2) is 10.3. The smallest absolute Gasteiger partial charge is 0.253 e. The van der Waals surface area contributed by atoms with Gasteiger partial charge in [-0.05, 0) is 55.7 Å². The van der Waals surface area contributed by atoms with E-state index in [1.54, 1.807) is 24.3 Å². The van der Waals surface area contributed by atoms with E-state index in [9.17, 15) is 18.0 Å². The van der Waals surface area contributed by atoms with E-state index in [1.807, 2.05) is 6.92 Å². The van der Waals surface area contributed by atoms with Gasteiger partial charge in [-0.15, -0.1) is 0 Å². The molecule has 0 bridgehead atoms. The number of hydrogen-bond acceptors (Lipinski definition) is 4. The van der Waals surface area contributed by atoms with Crippen LogP contribution in [-0.2, 0) is 14.8 Å². The lowest BCUT2D eigenvalue weighted by atomic mass is 9.98. The van der Waals surface area contributed by atoms with Crippen LogP contribution in [0.2, 0.25) is 5.02 Å². The minimum Gasteiger partial charge on any atom is -0.352 e. The maximum absolute atomic E-state index is 13.0. The van der Waals surface area contributed by atoms with Crippen LogP contribution in [0.3, 0.4) is 0 Å². The lowest BCUT2D eigenvalue weighted by Gasteiger charge is -2.31. The maximum Gasteiger partial charge on any atom is 0.253 e. The van der Waals surface area contributed by atoms with Crippen molar-refractivity contribution in [2.45, 2.75) is 31.1 Å². The predicted octanol–water partition coefficient (Wildman–Crippen LogP) is 3.52. The topological polar surface area (TPSA) is 95.6 Å². The van der Waals surface area contributed by atoms with Crippen LogP contribution in [0.4, 0.5) is 5.69 Å². The van der Waals surface area contributed by atoms with Gasteiger partial charge in [0, 0.05) is 24.7 Å². The molecule has 166 valence electrons. The number of nitrogens with zero attached hydrogens (tertiary/aromatic N) is 1. The Morgan fingerprint density at radius 1 is 1.13 bits per heavy atom. The highest BCUT2D eigenvalue weighted by molar-refractivity contribution is 7.89. The molecule has 1 saturated heterocycles. The third kappa shape index (κ3) is 5.64. The van der Waals surface area contributed by atoms with E-state index < -0.39 is 15.9 Å². The van der Waals surface area contributed by atoms with Crippen molar-refractivity contribution in [1.29, 1.82) is 0 Å². The monoisotopic (exact) mass is 463 g/mol. The minimum atomic E-state index is -3.72. The van der Waals surface area contributed by atoms with Gasteiger partial charge in [0.1, 0.15) is 0 Å². The van der Waals surface area contributed by atoms with E-state index in [4.69, 9.17) is 11.6 Å². The molecule has 31 heavy (non-hydrogen) atoms. The second-order valence-electron chi connectivity index (χ2n) is 7.45. The number of benzene rings is 2. The first-order chi connectivity index (χ1) is 14.8. The van der Waals surface area contributed by atoms with Crippen LogP contribution in [0, 0.1) is 5.92 Å². The van der Waals surface area contributed by atoms with E-state index in [0.29, 0.717) is 42.2 Å². The van der Waals surface area contributed by atoms with Gasteiger partial charge in [-0.2, -0.15) is 4.31 Å². The Morgan fingerprint density at radius 2 is 1.84 bits per heavy atom. The van der Waals surface area contributed by atoms with Crippen molar-refractivity contribution in [3.05, 3.63) is 59.1 Å². The van der Waals surface area contributed by atoms with Crippen LogP contribution in [0.1, 0.15) is 36.5 Å². The number of carbonyl (C=O) groups excluding carboxylic acids is 2. The highest BCUT2D eigenvalue weighted by atomic mass is 35.5. The minimum absolute atomic E-state index is 0.0843. The molecule has 2 N–H and O–H groups in total. The molecule has 1 fully saturated rings. The first kappa shape index (κ1) is 23.2. The fourth-order valence-electron chi connectivity index (χ4n) is 3.49. The molecule has 2 amide bonds. The average Bonchev–Trinajstić information content (AvgIpc) is 2.78. The molecule has 2 aromatic carbocycles. The molecule has 3 rings (SSSR count). The molecule has 1 aliphatic rings. The molecular formula is C22H26ClN3O4S. The molecule has 1 unspecified atom stereocenters. The Bertz CT molecular complexity index is 1040. The number of amides is 2. The number of nitrogens with one attached hydrogen (secondary N) is 2. The highest BCUT2D eigenvalue weighted by Crippen LogP contribution is 2.26. The van der Waals surface area contributed by atoms with E-state index in [-0.39, 0.29) is 23.3 Å². The fraction of sp³-hybridized carbons (Fsp3) is 0.364. The molecule has 7 nitrogen and oxygen atoms in total. The zero-order valence-corrected chi connectivity index (χ0v) is 18.9. The first-order valence-electron chi connectivity index (χ1n) is 10.3. The van der Waals surface area contributed by atoms with Gasteiger partial charge in [0.05, 0.1) is 22.1 Å². The van der Waals surface area contributed by atoms with Crippen LogP contribution >= 0.6 is 11.6 Å². The zero-order chi connectivity index (χ0) is 22.4. The Morgan fingerprint density at radius 3 is 2.55 bits per heavy atom. The number of rotatable bonds is 7. The Labute approximate surface area is 187 Å². The number of carbonyl (C=O) groups is 2. The third-order valence-corrected chi connectivity index (χ3v) is 7.30. The largest absolute Gasteiger partial charge is 0.352 e. The Kier molecular flexibility index (Phi) is 7.69. The molecule has 9 heteroatoms. The summed E-state index contributed by atoms with van der Waals surface area (Å²) in [6, 6.07) is 12.8. The number of hydrogen-bond donors (Lipinski definition) is 2. The summed E-state index contributed by atoms with van der Waals surface area (Å²) in [6.45, 7) is 2.94. The second-order valence-corrected chi connectivity index (χ2v) is 9.82. The van der Waals surface area contributed by atoms with Gasteiger partial charge >= 0.3 is 0 Å². The van der Waals surface area contributed by atoms with Crippen molar-refractivity contribution in [2.75, 3.05) is 25.0 Å². The van der Waals surface area contributed by atoms with Gasteiger partial charge in [-0.1, -0.05) is 30.7 Å². The molecule has 0 spiro atoms. The van der Waals surface area contributed by atoms with Gasteiger partial charge in [0.25, 0.3) is 5.91 Å². The van der Waals surface area contributed by atoms with E-state index in [2.05, 4.69) is 10.6 Å². The molecule has 0 aliphatic carbocycles.